The minimum Gasteiger partial charge on any atom is -0.391 e. The summed E-state index contributed by atoms with van der Waals surface area (Å²) in [5, 5.41) is 13.7. The van der Waals surface area contributed by atoms with Gasteiger partial charge < -0.3 is 21.1 Å². The van der Waals surface area contributed by atoms with Crippen LogP contribution in [0, 0.1) is 0 Å². The molecule has 0 radical (unpaired) electrons. The third-order valence-corrected chi connectivity index (χ3v) is 10.6. The van der Waals surface area contributed by atoms with Crippen LogP contribution in [0.4, 0.5) is 0 Å². The van der Waals surface area contributed by atoms with E-state index in [2.05, 4.69) is 67.8 Å². The van der Waals surface area contributed by atoms with Crippen molar-refractivity contribution < 1.29 is 28.4 Å². The maximum atomic E-state index is 12.7. The number of amides is 1. The van der Waals surface area contributed by atoms with Gasteiger partial charge in [-0.1, -0.05) is 209 Å². The second-order valence-electron chi connectivity index (χ2n) is 14.9. The normalized spacial score (nSPS) is 14.6. The zero-order chi connectivity index (χ0) is 40.3. The Labute approximate surface area is 338 Å². The van der Waals surface area contributed by atoms with Gasteiger partial charge in [-0.3, -0.25) is 13.8 Å². The quantitative estimate of drug-likeness (QED) is 0.0275. The maximum absolute atomic E-state index is 12.7. The molecule has 0 bridgehead atoms. The molecule has 1 amide bonds. The van der Waals surface area contributed by atoms with Crippen molar-refractivity contribution >= 4 is 13.7 Å². The lowest BCUT2D eigenvalue weighted by Gasteiger charge is -2.25. The molecule has 9 heteroatoms. The van der Waals surface area contributed by atoms with Crippen molar-refractivity contribution in [2.24, 2.45) is 5.73 Å². The summed E-state index contributed by atoms with van der Waals surface area (Å²) in [5.74, 6) is -0.288. The zero-order valence-electron chi connectivity index (χ0n) is 35.4. The maximum Gasteiger partial charge on any atom is 0.472 e. The molecule has 0 aromatic heterocycles. The fourth-order valence-corrected chi connectivity index (χ4v) is 7.08. The van der Waals surface area contributed by atoms with Crippen molar-refractivity contribution in [1.29, 1.82) is 0 Å². The van der Waals surface area contributed by atoms with Crippen LogP contribution in [-0.2, 0) is 18.4 Å². The molecule has 8 nitrogen and oxygen atoms in total. The fourth-order valence-electron chi connectivity index (χ4n) is 6.32. The molecule has 0 fully saturated rings. The largest absolute Gasteiger partial charge is 0.472 e. The number of phosphoric ester groups is 1. The molecule has 55 heavy (non-hydrogen) atoms. The third kappa shape index (κ3) is 40.2. The van der Waals surface area contributed by atoms with E-state index < -0.39 is 20.0 Å². The molecule has 0 aromatic rings. The Morgan fingerprint density at radius 2 is 0.982 bits per heavy atom. The van der Waals surface area contributed by atoms with Crippen LogP contribution >= 0.6 is 7.82 Å². The first-order valence-corrected chi connectivity index (χ1v) is 23.9. The van der Waals surface area contributed by atoms with Gasteiger partial charge in [-0.15, -0.1) is 0 Å². The SMILES string of the molecule is CC/C=C\C/C=C\C/C=C\C/C=C\C/C=C\CC(=O)NC(COP(=O)(O)OCCN)C(O)CCCCCCCCCCCCCCCCCCCCCCC. The number of phosphoric acid groups is 1. The van der Waals surface area contributed by atoms with Crippen LogP contribution in [0.3, 0.4) is 0 Å². The van der Waals surface area contributed by atoms with E-state index in [1.807, 2.05) is 6.08 Å². The van der Waals surface area contributed by atoms with Crippen molar-refractivity contribution in [2.45, 2.75) is 206 Å². The molecule has 0 aliphatic carbocycles. The van der Waals surface area contributed by atoms with Gasteiger partial charge in [-0.05, 0) is 38.5 Å². The van der Waals surface area contributed by atoms with Gasteiger partial charge in [0.25, 0.3) is 0 Å². The van der Waals surface area contributed by atoms with E-state index in [4.69, 9.17) is 14.8 Å². The Morgan fingerprint density at radius 1 is 0.600 bits per heavy atom. The van der Waals surface area contributed by atoms with Crippen LogP contribution in [0.15, 0.2) is 60.8 Å². The number of carbonyl (C=O) groups is 1. The molecule has 0 saturated carbocycles. The van der Waals surface area contributed by atoms with Crippen molar-refractivity contribution in [2.75, 3.05) is 19.8 Å². The van der Waals surface area contributed by atoms with Gasteiger partial charge >= 0.3 is 7.82 Å². The summed E-state index contributed by atoms with van der Waals surface area (Å²) in [6.07, 6.45) is 52.7. The average molecular weight is 793 g/mol. The van der Waals surface area contributed by atoms with E-state index in [0.717, 1.165) is 44.9 Å². The van der Waals surface area contributed by atoms with Crippen molar-refractivity contribution in [1.82, 2.24) is 5.32 Å². The summed E-state index contributed by atoms with van der Waals surface area (Å²) >= 11 is 0. The van der Waals surface area contributed by atoms with Crippen molar-refractivity contribution in [3.63, 3.8) is 0 Å². The Bertz CT molecular complexity index is 1040. The highest BCUT2D eigenvalue weighted by atomic mass is 31.2. The predicted octanol–water partition coefficient (Wildman–Crippen LogP) is 12.7. The summed E-state index contributed by atoms with van der Waals surface area (Å²) in [7, 11) is -4.34. The number of aliphatic hydroxyl groups is 1. The van der Waals surface area contributed by atoms with E-state index in [1.165, 1.54) is 116 Å². The summed E-state index contributed by atoms with van der Waals surface area (Å²) in [4.78, 5) is 22.7. The molecule has 320 valence electrons. The summed E-state index contributed by atoms with van der Waals surface area (Å²) in [6.45, 7) is 4.02. The van der Waals surface area contributed by atoms with Crippen LogP contribution in [0.2, 0.25) is 0 Å². The number of rotatable bonds is 41. The molecule has 0 spiro atoms. The topological polar surface area (TPSA) is 131 Å². The Morgan fingerprint density at radius 3 is 1.38 bits per heavy atom. The monoisotopic (exact) mass is 793 g/mol. The number of hydrogen-bond acceptors (Lipinski definition) is 6. The highest BCUT2D eigenvalue weighted by Gasteiger charge is 2.27. The zero-order valence-corrected chi connectivity index (χ0v) is 36.3. The van der Waals surface area contributed by atoms with Gasteiger partial charge in [0.05, 0.1) is 25.4 Å². The van der Waals surface area contributed by atoms with Gasteiger partial charge in [-0.2, -0.15) is 0 Å². The highest BCUT2D eigenvalue weighted by Crippen LogP contribution is 2.43. The molecular formula is C46H85N2O6P. The first kappa shape index (κ1) is 53.2. The lowest BCUT2D eigenvalue weighted by atomic mass is 10.0. The van der Waals surface area contributed by atoms with Gasteiger partial charge in [0, 0.05) is 13.0 Å². The number of unbranched alkanes of at least 4 members (excludes halogenated alkanes) is 20. The molecule has 0 aliphatic heterocycles. The molecular weight excluding hydrogens is 707 g/mol. The minimum atomic E-state index is -4.34. The Hall–Kier alpha value is -1.80. The second kappa shape index (κ2) is 41.8. The standard InChI is InChI=1S/C46H85N2O6P/c1-3-5-7-9-11-13-15-17-19-20-21-22-23-24-26-27-29-31-33-35-37-39-45(49)44(43-54-55(51,52)53-42-41-47)48-46(50)40-38-36-34-32-30-28-25-18-16-14-12-10-8-6-4-2/h6,8,12,14,18,25,30,32,36,38,44-45,49H,3-5,7,9-11,13,15-17,19-24,26-29,31,33-35,37,39-43,47H2,1-2H3,(H,48,50)(H,51,52)/b8-6-,14-12-,25-18-,32-30-,38-36-. The fraction of sp³-hybridized carbons (Fsp3) is 0.761. The molecule has 0 aromatic carbocycles. The van der Waals surface area contributed by atoms with Crippen LogP contribution < -0.4 is 11.1 Å². The number of hydrogen-bond donors (Lipinski definition) is 4. The molecule has 0 heterocycles. The lowest BCUT2D eigenvalue weighted by molar-refractivity contribution is -0.122. The van der Waals surface area contributed by atoms with Crippen LogP contribution in [0.1, 0.15) is 194 Å². The van der Waals surface area contributed by atoms with Crippen molar-refractivity contribution in [3.8, 4) is 0 Å². The Kier molecular flexibility index (Phi) is 40.5. The number of aliphatic hydroxyl groups excluding tert-OH is 1. The number of nitrogens with two attached hydrogens (primary N) is 1. The van der Waals surface area contributed by atoms with Crippen molar-refractivity contribution in [3.05, 3.63) is 60.8 Å². The van der Waals surface area contributed by atoms with E-state index >= 15 is 0 Å². The molecule has 5 N–H and O–H groups in total. The van der Waals surface area contributed by atoms with Crippen LogP contribution in [-0.4, -0.2) is 47.8 Å². The lowest BCUT2D eigenvalue weighted by Crippen LogP contribution is -2.46. The minimum absolute atomic E-state index is 0.0728. The number of allylic oxidation sites excluding steroid dienone is 9. The first-order valence-electron chi connectivity index (χ1n) is 22.4. The number of carbonyl (C=O) groups excluding carboxylic acids is 1. The molecule has 0 rings (SSSR count). The Balaban J connectivity index is 4.22. The van der Waals surface area contributed by atoms with E-state index in [1.54, 1.807) is 6.08 Å². The molecule has 0 aliphatic rings. The highest BCUT2D eigenvalue weighted by molar-refractivity contribution is 7.47. The van der Waals surface area contributed by atoms with Gasteiger partial charge in [0.1, 0.15) is 0 Å². The van der Waals surface area contributed by atoms with Gasteiger partial charge in [-0.25, -0.2) is 4.57 Å². The predicted molar refractivity (Wildman–Crippen MR) is 235 cm³/mol. The summed E-state index contributed by atoms with van der Waals surface area (Å²) in [5.41, 5.74) is 5.37. The summed E-state index contributed by atoms with van der Waals surface area (Å²) < 4.78 is 22.1. The molecule has 3 unspecified atom stereocenters. The molecule has 3 atom stereocenters. The third-order valence-electron chi connectivity index (χ3n) is 9.66. The average Bonchev–Trinajstić information content (AvgIpc) is 3.17. The second-order valence-corrected chi connectivity index (χ2v) is 16.4. The first-order chi connectivity index (χ1) is 26.9. The van der Waals surface area contributed by atoms with Crippen LogP contribution in [0.5, 0.6) is 0 Å². The number of nitrogens with one attached hydrogen (secondary N) is 1. The summed E-state index contributed by atoms with van der Waals surface area (Å²) in [6, 6.07) is -0.831. The smallest absolute Gasteiger partial charge is 0.391 e. The van der Waals surface area contributed by atoms with Gasteiger partial charge in [0.2, 0.25) is 5.91 Å². The molecule has 0 saturated heterocycles. The van der Waals surface area contributed by atoms with E-state index in [9.17, 15) is 19.4 Å². The van der Waals surface area contributed by atoms with E-state index in [0.29, 0.717) is 12.8 Å². The van der Waals surface area contributed by atoms with Gasteiger partial charge in [0.15, 0.2) is 0 Å². The van der Waals surface area contributed by atoms with Crippen LogP contribution in [0.25, 0.3) is 0 Å². The van der Waals surface area contributed by atoms with E-state index in [-0.39, 0.29) is 32.1 Å².